The van der Waals surface area contributed by atoms with Gasteiger partial charge in [-0.05, 0) is 37.5 Å². The second kappa shape index (κ2) is 4.82. The fourth-order valence-corrected chi connectivity index (χ4v) is 2.47. The molecule has 1 aromatic rings. The second-order valence-corrected chi connectivity index (χ2v) is 4.84. The molecule has 2 nitrogen and oxygen atoms in total. The molecule has 0 bridgehead atoms. The molecule has 4 heteroatoms. The van der Waals surface area contributed by atoms with E-state index in [-0.39, 0.29) is 0 Å². The van der Waals surface area contributed by atoms with Gasteiger partial charge in [0.05, 0.1) is 24.3 Å². The van der Waals surface area contributed by atoms with Crippen molar-refractivity contribution < 1.29 is 9.47 Å². The highest BCUT2D eigenvalue weighted by atomic mass is 35.5. The zero-order chi connectivity index (χ0) is 11.7. The summed E-state index contributed by atoms with van der Waals surface area (Å²) in [5, 5.41) is 1.21. The van der Waals surface area contributed by atoms with E-state index >= 15 is 0 Å². The minimum absolute atomic E-state index is 0.377. The van der Waals surface area contributed by atoms with E-state index in [1.165, 1.54) is 0 Å². The summed E-state index contributed by atoms with van der Waals surface area (Å²) in [4.78, 5) is 0. The lowest BCUT2D eigenvalue weighted by Crippen LogP contribution is -1.97. The van der Waals surface area contributed by atoms with Gasteiger partial charge in [-0.25, -0.2) is 0 Å². The number of rotatable bonds is 4. The molecule has 2 unspecified atom stereocenters. The number of hydrogen-bond donors (Lipinski definition) is 0. The SMILES string of the molecule is COc1c(Cl)cc(Cl)cc1CCC1OC1C. The van der Waals surface area contributed by atoms with Crippen molar-refractivity contribution in [2.24, 2.45) is 0 Å². The van der Waals surface area contributed by atoms with Crippen LogP contribution in [0.2, 0.25) is 10.0 Å². The van der Waals surface area contributed by atoms with Crippen molar-refractivity contribution in [3.8, 4) is 5.75 Å². The average Bonchev–Trinajstić information content (AvgIpc) is 2.91. The van der Waals surface area contributed by atoms with Gasteiger partial charge in [-0.1, -0.05) is 23.2 Å². The van der Waals surface area contributed by atoms with Crippen LogP contribution >= 0.6 is 23.2 Å². The Bertz CT molecular complexity index is 393. The Morgan fingerprint density at radius 1 is 1.38 bits per heavy atom. The molecule has 0 aromatic heterocycles. The lowest BCUT2D eigenvalue weighted by atomic mass is 10.1. The fourth-order valence-electron chi connectivity index (χ4n) is 1.86. The van der Waals surface area contributed by atoms with E-state index in [4.69, 9.17) is 32.7 Å². The minimum Gasteiger partial charge on any atom is -0.495 e. The predicted molar refractivity (Wildman–Crippen MR) is 65.7 cm³/mol. The molecule has 16 heavy (non-hydrogen) atoms. The number of ether oxygens (including phenoxy) is 2. The van der Waals surface area contributed by atoms with Crippen LogP contribution < -0.4 is 4.74 Å². The molecule has 1 aliphatic heterocycles. The van der Waals surface area contributed by atoms with Crippen LogP contribution in [0.5, 0.6) is 5.75 Å². The minimum atomic E-state index is 0.377. The van der Waals surface area contributed by atoms with Gasteiger partial charge < -0.3 is 9.47 Å². The Kier molecular flexibility index (Phi) is 3.63. The molecule has 1 aliphatic rings. The van der Waals surface area contributed by atoms with Gasteiger partial charge in [-0.2, -0.15) is 0 Å². The third kappa shape index (κ3) is 2.62. The van der Waals surface area contributed by atoms with Crippen LogP contribution in [0.4, 0.5) is 0 Å². The summed E-state index contributed by atoms with van der Waals surface area (Å²) in [5.74, 6) is 0.722. The van der Waals surface area contributed by atoms with Crippen LogP contribution in [-0.2, 0) is 11.2 Å². The summed E-state index contributed by atoms with van der Waals surface area (Å²) in [6, 6.07) is 3.60. The summed E-state index contributed by atoms with van der Waals surface area (Å²) < 4.78 is 10.6. The number of epoxide rings is 1. The monoisotopic (exact) mass is 260 g/mol. The summed E-state index contributed by atoms with van der Waals surface area (Å²) in [6.07, 6.45) is 2.62. The molecule has 2 atom stereocenters. The predicted octanol–water partition coefficient (Wildman–Crippen LogP) is 3.72. The van der Waals surface area contributed by atoms with Gasteiger partial charge in [0.1, 0.15) is 5.75 Å². The Hall–Kier alpha value is -0.440. The van der Waals surface area contributed by atoms with Crippen LogP contribution in [0.3, 0.4) is 0 Å². The zero-order valence-electron chi connectivity index (χ0n) is 9.30. The van der Waals surface area contributed by atoms with Crippen molar-refractivity contribution in [3.63, 3.8) is 0 Å². The first-order chi connectivity index (χ1) is 7.61. The van der Waals surface area contributed by atoms with Gasteiger partial charge in [0.25, 0.3) is 0 Å². The van der Waals surface area contributed by atoms with Crippen LogP contribution in [0.15, 0.2) is 12.1 Å². The molecule has 2 rings (SSSR count). The lowest BCUT2D eigenvalue weighted by molar-refractivity contribution is 0.368. The molecule has 0 saturated carbocycles. The molecule has 88 valence electrons. The quantitative estimate of drug-likeness (QED) is 0.770. The van der Waals surface area contributed by atoms with Crippen LogP contribution in [0.1, 0.15) is 18.9 Å². The first kappa shape index (κ1) is 12.0. The summed E-state index contributed by atoms with van der Waals surface area (Å²) in [6.45, 7) is 2.08. The van der Waals surface area contributed by atoms with Gasteiger partial charge >= 0.3 is 0 Å². The highest BCUT2D eigenvalue weighted by Crippen LogP contribution is 2.34. The van der Waals surface area contributed by atoms with Gasteiger partial charge in [-0.15, -0.1) is 0 Å². The Morgan fingerprint density at radius 3 is 2.62 bits per heavy atom. The number of benzene rings is 1. The third-order valence-electron chi connectivity index (χ3n) is 2.82. The normalized spacial score (nSPS) is 23.2. The van der Waals surface area contributed by atoms with E-state index < -0.39 is 0 Å². The van der Waals surface area contributed by atoms with Crippen LogP contribution in [0.25, 0.3) is 0 Å². The highest BCUT2D eigenvalue weighted by Gasteiger charge is 2.33. The van der Waals surface area contributed by atoms with Gasteiger partial charge in [0, 0.05) is 5.02 Å². The molecule has 0 amide bonds. The van der Waals surface area contributed by atoms with Gasteiger partial charge in [-0.3, -0.25) is 0 Å². The third-order valence-corrected chi connectivity index (χ3v) is 3.32. The summed E-state index contributed by atoms with van der Waals surface area (Å²) in [5.41, 5.74) is 1.04. The van der Waals surface area contributed by atoms with E-state index in [9.17, 15) is 0 Å². The second-order valence-electron chi connectivity index (χ2n) is 4.00. The Morgan fingerprint density at radius 2 is 2.06 bits per heavy atom. The van der Waals surface area contributed by atoms with Crippen molar-refractivity contribution >= 4 is 23.2 Å². The van der Waals surface area contributed by atoms with Crippen molar-refractivity contribution in [1.82, 2.24) is 0 Å². The van der Waals surface area contributed by atoms with E-state index in [0.29, 0.717) is 22.3 Å². The largest absolute Gasteiger partial charge is 0.495 e. The molecular formula is C12H14Cl2O2. The molecule has 1 saturated heterocycles. The number of halogens is 2. The number of hydrogen-bond acceptors (Lipinski definition) is 2. The van der Waals surface area contributed by atoms with E-state index in [0.717, 1.165) is 24.2 Å². The van der Waals surface area contributed by atoms with Crippen molar-refractivity contribution in [1.29, 1.82) is 0 Å². The molecule has 1 heterocycles. The molecule has 0 spiro atoms. The van der Waals surface area contributed by atoms with Crippen molar-refractivity contribution in [3.05, 3.63) is 27.7 Å². The summed E-state index contributed by atoms with van der Waals surface area (Å²) >= 11 is 12.0. The lowest BCUT2D eigenvalue weighted by Gasteiger charge is -2.10. The molecule has 0 aliphatic carbocycles. The van der Waals surface area contributed by atoms with Crippen molar-refractivity contribution in [2.45, 2.75) is 32.0 Å². The topological polar surface area (TPSA) is 21.8 Å². The maximum absolute atomic E-state index is 6.05. The average molecular weight is 261 g/mol. The van der Waals surface area contributed by atoms with E-state index in [1.54, 1.807) is 13.2 Å². The van der Waals surface area contributed by atoms with Gasteiger partial charge in [0.15, 0.2) is 0 Å². The maximum atomic E-state index is 6.05. The summed E-state index contributed by atoms with van der Waals surface area (Å²) in [7, 11) is 1.62. The van der Waals surface area contributed by atoms with Crippen LogP contribution in [-0.4, -0.2) is 19.3 Å². The highest BCUT2D eigenvalue weighted by molar-refractivity contribution is 6.35. The fraction of sp³-hybridized carbons (Fsp3) is 0.500. The van der Waals surface area contributed by atoms with E-state index in [2.05, 4.69) is 6.92 Å². The first-order valence-electron chi connectivity index (χ1n) is 5.29. The van der Waals surface area contributed by atoms with E-state index in [1.807, 2.05) is 6.07 Å². The number of methoxy groups -OCH3 is 1. The molecule has 0 radical (unpaired) electrons. The van der Waals surface area contributed by atoms with Gasteiger partial charge in [0.2, 0.25) is 0 Å². The molecular weight excluding hydrogens is 247 g/mol. The molecule has 1 aromatic carbocycles. The number of aryl methyl sites for hydroxylation is 1. The molecule has 1 fully saturated rings. The van der Waals surface area contributed by atoms with Crippen LogP contribution in [0, 0.1) is 0 Å². The first-order valence-corrected chi connectivity index (χ1v) is 6.04. The van der Waals surface area contributed by atoms with Crippen molar-refractivity contribution in [2.75, 3.05) is 7.11 Å². The zero-order valence-corrected chi connectivity index (χ0v) is 10.8. The Labute approximate surface area is 105 Å². The Balaban J connectivity index is 2.11. The standard InChI is InChI=1S/C12H14Cl2O2/c1-7-11(16-7)4-3-8-5-9(13)6-10(14)12(8)15-2/h5-7,11H,3-4H2,1-2H3. The smallest absolute Gasteiger partial charge is 0.140 e. The maximum Gasteiger partial charge on any atom is 0.140 e. The molecule has 0 N–H and O–H groups in total.